The van der Waals surface area contributed by atoms with E-state index in [1.165, 1.54) is 0 Å². The smallest absolute Gasteiger partial charge is 0.231 e. The summed E-state index contributed by atoms with van der Waals surface area (Å²) in [5.74, 6) is 0.113. The highest BCUT2D eigenvalue weighted by Crippen LogP contribution is 2.49. The molecule has 2 fully saturated rings. The number of methoxy groups -OCH3 is 1. The molecule has 2 unspecified atom stereocenters. The fourth-order valence-electron chi connectivity index (χ4n) is 4.08. The Bertz CT molecular complexity index is 657. The fraction of sp³-hybridized carbons (Fsp3) is 0.722. The summed E-state index contributed by atoms with van der Waals surface area (Å²) in [5, 5.41) is 0. The zero-order valence-corrected chi connectivity index (χ0v) is 15.6. The van der Waals surface area contributed by atoms with E-state index in [9.17, 15) is 9.59 Å². The number of carbonyl (C=O) groups excluding carboxylic acids is 2. The molecule has 1 aromatic rings. The van der Waals surface area contributed by atoms with Crippen LogP contribution < -0.4 is 0 Å². The number of rotatable bonds is 5. The number of amides is 2. The van der Waals surface area contributed by atoms with E-state index < -0.39 is 5.41 Å². The summed E-state index contributed by atoms with van der Waals surface area (Å²) in [6, 6.07) is 0.319. The topological polar surface area (TPSA) is 67.7 Å². The summed E-state index contributed by atoms with van der Waals surface area (Å²) < 4.78 is 7.19. The van der Waals surface area contributed by atoms with Crippen LogP contribution in [0.15, 0.2) is 12.5 Å². The van der Waals surface area contributed by atoms with Gasteiger partial charge in [-0.3, -0.25) is 9.59 Å². The monoisotopic (exact) mass is 348 g/mol. The second kappa shape index (κ2) is 6.78. The first-order chi connectivity index (χ1) is 11.9. The maximum Gasteiger partial charge on any atom is 0.231 e. The Hall–Kier alpha value is -1.89. The van der Waals surface area contributed by atoms with Gasteiger partial charge in [0.1, 0.15) is 0 Å². The number of imidazole rings is 1. The molecule has 2 atom stereocenters. The van der Waals surface area contributed by atoms with Crippen molar-refractivity contribution in [3.63, 3.8) is 0 Å². The maximum atomic E-state index is 13.2. The molecule has 7 nitrogen and oxygen atoms in total. The van der Waals surface area contributed by atoms with Crippen LogP contribution in [0, 0.1) is 5.41 Å². The third kappa shape index (κ3) is 3.05. The zero-order valence-electron chi connectivity index (χ0n) is 15.6. The van der Waals surface area contributed by atoms with Gasteiger partial charge in [0, 0.05) is 58.4 Å². The molecule has 3 rings (SSSR count). The molecule has 0 bridgehead atoms. The van der Waals surface area contributed by atoms with E-state index in [1.54, 1.807) is 18.9 Å². The second-order valence-electron chi connectivity index (χ2n) is 7.48. The van der Waals surface area contributed by atoms with E-state index in [0.29, 0.717) is 32.3 Å². The summed E-state index contributed by atoms with van der Waals surface area (Å²) in [6.07, 6.45) is 4.62. The standard InChI is InChI=1S/C18H28N4O3/c1-13(2)22-10-16(19-12-22)15-9-21(14(3)23)11-18(15)5-6-20(17(18)24)7-8-25-4/h10,12-13,15H,5-9,11H2,1-4H3. The average Bonchev–Trinajstić information content (AvgIpc) is 3.26. The molecule has 1 aromatic heterocycles. The van der Waals surface area contributed by atoms with E-state index in [-0.39, 0.29) is 17.7 Å². The van der Waals surface area contributed by atoms with Gasteiger partial charge in [0.05, 0.1) is 24.0 Å². The van der Waals surface area contributed by atoms with Gasteiger partial charge in [-0.05, 0) is 20.3 Å². The predicted octanol–water partition coefficient (Wildman–Crippen LogP) is 1.27. The second-order valence-corrected chi connectivity index (χ2v) is 7.48. The summed E-state index contributed by atoms with van der Waals surface area (Å²) >= 11 is 0. The molecule has 25 heavy (non-hydrogen) atoms. The van der Waals surface area contributed by atoms with Crippen LogP contribution in [0.5, 0.6) is 0 Å². The average molecular weight is 348 g/mol. The van der Waals surface area contributed by atoms with Gasteiger partial charge in [-0.25, -0.2) is 4.98 Å². The van der Waals surface area contributed by atoms with Crippen molar-refractivity contribution >= 4 is 11.8 Å². The number of carbonyl (C=O) groups is 2. The number of hydrogen-bond acceptors (Lipinski definition) is 4. The summed E-state index contributed by atoms with van der Waals surface area (Å²) in [6.45, 7) is 8.68. The molecule has 0 saturated carbocycles. The zero-order chi connectivity index (χ0) is 18.2. The molecule has 0 radical (unpaired) electrons. The third-order valence-electron chi connectivity index (χ3n) is 5.67. The number of ether oxygens (including phenoxy) is 1. The van der Waals surface area contributed by atoms with Crippen molar-refractivity contribution in [2.75, 3.05) is 39.9 Å². The van der Waals surface area contributed by atoms with Gasteiger partial charge in [-0.2, -0.15) is 0 Å². The van der Waals surface area contributed by atoms with E-state index in [0.717, 1.165) is 18.7 Å². The van der Waals surface area contributed by atoms with E-state index >= 15 is 0 Å². The lowest BCUT2D eigenvalue weighted by molar-refractivity contribution is -0.137. The molecule has 7 heteroatoms. The normalized spacial score (nSPS) is 26.4. The minimum absolute atomic E-state index is 0.0216. The summed E-state index contributed by atoms with van der Waals surface area (Å²) in [5.41, 5.74) is 0.370. The first-order valence-electron chi connectivity index (χ1n) is 8.96. The largest absolute Gasteiger partial charge is 0.383 e. The van der Waals surface area contributed by atoms with Crippen molar-refractivity contribution in [2.45, 2.75) is 39.2 Å². The highest BCUT2D eigenvalue weighted by molar-refractivity contribution is 5.88. The van der Waals surface area contributed by atoms with E-state index in [1.807, 2.05) is 17.4 Å². The van der Waals surface area contributed by atoms with Crippen LogP contribution in [0.4, 0.5) is 0 Å². The molecular weight excluding hydrogens is 320 g/mol. The number of nitrogens with zero attached hydrogens (tertiary/aromatic N) is 4. The van der Waals surface area contributed by atoms with Gasteiger partial charge < -0.3 is 19.1 Å². The molecule has 3 heterocycles. The maximum absolute atomic E-state index is 13.2. The first kappa shape index (κ1) is 17.9. The molecular formula is C18H28N4O3. The predicted molar refractivity (Wildman–Crippen MR) is 93.1 cm³/mol. The van der Waals surface area contributed by atoms with Gasteiger partial charge in [-0.1, -0.05) is 0 Å². The Kier molecular flexibility index (Phi) is 4.86. The Morgan fingerprint density at radius 3 is 2.84 bits per heavy atom. The van der Waals surface area contributed by atoms with Crippen LogP contribution in [0.3, 0.4) is 0 Å². The van der Waals surface area contributed by atoms with Gasteiger partial charge in [0.15, 0.2) is 0 Å². The number of hydrogen-bond donors (Lipinski definition) is 0. The molecule has 2 saturated heterocycles. The quantitative estimate of drug-likeness (QED) is 0.804. The van der Waals surface area contributed by atoms with Gasteiger partial charge in [0.2, 0.25) is 11.8 Å². The molecule has 2 amide bonds. The summed E-state index contributed by atoms with van der Waals surface area (Å²) in [4.78, 5) is 33.5. The lowest BCUT2D eigenvalue weighted by atomic mass is 9.75. The molecule has 0 aromatic carbocycles. The SMILES string of the molecule is COCCN1CCC2(CN(C(C)=O)CC2c2cn(C(C)C)cn2)C1=O. The third-order valence-corrected chi connectivity index (χ3v) is 5.67. The highest BCUT2D eigenvalue weighted by Gasteiger charge is 2.58. The minimum Gasteiger partial charge on any atom is -0.383 e. The van der Waals surface area contributed by atoms with Crippen molar-refractivity contribution in [3.8, 4) is 0 Å². The lowest BCUT2D eigenvalue weighted by Crippen LogP contribution is -2.41. The molecule has 0 aliphatic carbocycles. The van der Waals surface area contributed by atoms with Gasteiger partial charge in [0.25, 0.3) is 0 Å². The lowest BCUT2D eigenvalue weighted by Gasteiger charge is -2.27. The van der Waals surface area contributed by atoms with Crippen molar-refractivity contribution in [1.29, 1.82) is 0 Å². The van der Waals surface area contributed by atoms with Crippen molar-refractivity contribution in [1.82, 2.24) is 19.4 Å². The summed E-state index contributed by atoms with van der Waals surface area (Å²) in [7, 11) is 1.64. The molecule has 2 aliphatic heterocycles. The van der Waals surface area contributed by atoms with Crippen LogP contribution in [-0.4, -0.2) is 71.1 Å². The van der Waals surface area contributed by atoms with Crippen LogP contribution >= 0.6 is 0 Å². The molecule has 138 valence electrons. The van der Waals surface area contributed by atoms with Crippen LogP contribution in [0.25, 0.3) is 0 Å². The highest BCUT2D eigenvalue weighted by atomic mass is 16.5. The minimum atomic E-state index is -0.546. The van der Waals surface area contributed by atoms with Gasteiger partial charge >= 0.3 is 0 Å². The van der Waals surface area contributed by atoms with Crippen LogP contribution in [-0.2, 0) is 14.3 Å². The Balaban J connectivity index is 1.91. The van der Waals surface area contributed by atoms with Crippen LogP contribution in [0.2, 0.25) is 0 Å². The molecule has 2 aliphatic rings. The van der Waals surface area contributed by atoms with Crippen molar-refractivity contribution < 1.29 is 14.3 Å². The van der Waals surface area contributed by atoms with Crippen molar-refractivity contribution in [2.24, 2.45) is 5.41 Å². The molecule has 0 N–H and O–H groups in total. The van der Waals surface area contributed by atoms with Gasteiger partial charge in [-0.15, -0.1) is 0 Å². The Labute approximate surface area is 148 Å². The number of likely N-dealkylation sites (tertiary alicyclic amines) is 2. The first-order valence-corrected chi connectivity index (χ1v) is 8.96. The van der Waals surface area contributed by atoms with Crippen LogP contribution in [0.1, 0.15) is 44.8 Å². The van der Waals surface area contributed by atoms with E-state index in [2.05, 4.69) is 23.4 Å². The fourth-order valence-corrected chi connectivity index (χ4v) is 4.08. The van der Waals surface area contributed by atoms with E-state index in [4.69, 9.17) is 4.74 Å². The van der Waals surface area contributed by atoms with Crippen molar-refractivity contribution in [3.05, 3.63) is 18.2 Å². The molecule has 1 spiro atoms. The Morgan fingerprint density at radius 2 is 2.24 bits per heavy atom. The Morgan fingerprint density at radius 1 is 1.48 bits per heavy atom. The number of aromatic nitrogens is 2.